The SMILES string of the molecule is COC(CNC1CCC(C(C)(C)C)CC1)OC. The Bertz CT molecular complexity index is 201. The topological polar surface area (TPSA) is 30.5 Å². The van der Waals surface area contributed by atoms with Crippen LogP contribution in [0, 0.1) is 11.3 Å². The van der Waals surface area contributed by atoms with E-state index in [0.717, 1.165) is 12.5 Å². The molecule has 3 heteroatoms. The van der Waals surface area contributed by atoms with Crippen LogP contribution < -0.4 is 5.32 Å². The summed E-state index contributed by atoms with van der Waals surface area (Å²) in [5, 5.41) is 3.55. The van der Waals surface area contributed by atoms with Crippen LogP contribution in [0.3, 0.4) is 0 Å². The standard InChI is InChI=1S/C14H29NO2/c1-14(2,3)11-6-8-12(9-7-11)15-10-13(16-4)17-5/h11-13,15H,6-10H2,1-5H3. The summed E-state index contributed by atoms with van der Waals surface area (Å²) >= 11 is 0. The molecule has 1 aliphatic rings. The molecule has 0 aliphatic heterocycles. The Hall–Kier alpha value is -0.120. The highest BCUT2D eigenvalue weighted by molar-refractivity contribution is 4.83. The summed E-state index contributed by atoms with van der Waals surface area (Å²) in [6.45, 7) is 7.86. The molecule has 1 rings (SSSR count). The molecular weight excluding hydrogens is 214 g/mol. The van der Waals surface area contributed by atoms with E-state index in [9.17, 15) is 0 Å². The fraction of sp³-hybridized carbons (Fsp3) is 1.00. The summed E-state index contributed by atoms with van der Waals surface area (Å²) in [6.07, 6.45) is 5.12. The van der Waals surface area contributed by atoms with Crippen LogP contribution in [-0.4, -0.2) is 33.1 Å². The van der Waals surface area contributed by atoms with Crippen molar-refractivity contribution in [2.75, 3.05) is 20.8 Å². The molecule has 3 nitrogen and oxygen atoms in total. The van der Waals surface area contributed by atoms with Crippen LogP contribution in [0.15, 0.2) is 0 Å². The smallest absolute Gasteiger partial charge is 0.169 e. The summed E-state index contributed by atoms with van der Waals surface area (Å²) in [7, 11) is 3.37. The number of hydrogen-bond acceptors (Lipinski definition) is 3. The first-order chi connectivity index (χ1) is 7.97. The molecule has 17 heavy (non-hydrogen) atoms. The van der Waals surface area contributed by atoms with Crippen LogP contribution in [0.25, 0.3) is 0 Å². The maximum atomic E-state index is 5.18. The molecule has 0 heterocycles. The van der Waals surface area contributed by atoms with Crippen molar-refractivity contribution in [1.29, 1.82) is 0 Å². The van der Waals surface area contributed by atoms with Gasteiger partial charge in [0.2, 0.25) is 0 Å². The van der Waals surface area contributed by atoms with Crippen molar-refractivity contribution in [3.63, 3.8) is 0 Å². The van der Waals surface area contributed by atoms with Crippen LogP contribution in [0.4, 0.5) is 0 Å². The lowest BCUT2D eigenvalue weighted by atomic mass is 9.71. The highest BCUT2D eigenvalue weighted by atomic mass is 16.7. The van der Waals surface area contributed by atoms with Gasteiger partial charge in [0.15, 0.2) is 6.29 Å². The number of methoxy groups -OCH3 is 2. The molecule has 1 fully saturated rings. The maximum Gasteiger partial charge on any atom is 0.169 e. The molecular formula is C14H29NO2. The molecule has 0 aromatic heterocycles. The molecule has 102 valence electrons. The lowest BCUT2D eigenvalue weighted by Gasteiger charge is -2.37. The third-order valence-corrected chi connectivity index (χ3v) is 4.05. The number of nitrogens with one attached hydrogen (secondary N) is 1. The van der Waals surface area contributed by atoms with Gasteiger partial charge >= 0.3 is 0 Å². The molecule has 0 unspecified atom stereocenters. The fourth-order valence-electron chi connectivity index (χ4n) is 2.69. The van der Waals surface area contributed by atoms with Crippen molar-refractivity contribution in [3.8, 4) is 0 Å². The summed E-state index contributed by atoms with van der Waals surface area (Å²) < 4.78 is 10.4. The van der Waals surface area contributed by atoms with E-state index in [4.69, 9.17) is 9.47 Å². The summed E-state index contributed by atoms with van der Waals surface area (Å²) in [6, 6.07) is 0.640. The predicted molar refractivity (Wildman–Crippen MR) is 71.0 cm³/mol. The molecule has 1 aliphatic carbocycles. The Morgan fingerprint density at radius 3 is 2.00 bits per heavy atom. The molecule has 1 saturated carbocycles. The first-order valence-electron chi connectivity index (χ1n) is 6.76. The number of hydrogen-bond donors (Lipinski definition) is 1. The van der Waals surface area contributed by atoms with Crippen molar-refractivity contribution < 1.29 is 9.47 Å². The lowest BCUT2D eigenvalue weighted by molar-refractivity contribution is -0.100. The van der Waals surface area contributed by atoms with Crippen molar-refractivity contribution in [2.45, 2.75) is 58.8 Å². The molecule has 0 bridgehead atoms. The summed E-state index contributed by atoms with van der Waals surface area (Å²) in [5.74, 6) is 0.876. The normalized spacial score (nSPS) is 26.5. The van der Waals surface area contributed by atoms with E-state index in [-0.39, 0.29) is 6.29 Å². The zero-order chi connectivity index (χ0) is 12.9. The van der Waals surface area contributed by atoms with E-state index < -0.39 is 0 Å². The average Bonchev–Trinajstić information content (AvgIpc) is 2.30. The third kappa shape index (κ3) is 4.94. The van der Waals surface area contributed by atoms with Gasteiger partial charge in [-0.25, -0.2) is 0 Å². The quantitative estimate of drug-likeness (QED) is 0.753. The zero-order valence-electron chi connectivity index (χ0n) is 12.1. The minimum absolute atomic E-state index is 0.115. The Balaban J connectivity index is 2.23. The molecule has 0 aromatic rings. The highest BCUT2D eigenvalue weighted by Crippen LogP contribution is 2.37. The van der Waals surface area contributed by atoms with Crippen molar-refractivity contribution in [3.05, 3.63) is 0 Å². The zero-order valence-corrected chi connectivity index (χ0v) is 12.1. The molecule has 0 saturated heterocycles. The first-order valence-corrected chi connectivity index (χ1v) is 6.76. The van der Waals surface area contributed by atoms with Gasteiger partial charge in [0.25, 0.3) is 0 Å². The van der Waals surface area contributed by atoms with Gasteiger partial charge in [-0.05, 0) is 37.0 Å². The van der Waals surface area contributed by atoms with Gasteiger partial charge < -0.3 is 14.8 Å². The van der Waals surface area contributed by atoms with Gasteiger partial charge in [0.05, 0.1) is 0 Å². The summed E-state index contributed by atoms with van der Waals surface area (Å²) in [4.78, 5) is 0. The minimum atomic E-state index is -0.115. The monoisotopic (exact) mass is 243 g/mol. The van der Waals surface area contributed by atoms with Crippen molar-refractivity contribution in [2.24, 2.45) is 11.3 Å². The average molecular weight is 243 g/mol. The van der Waals surface area contributed by atoms with Gasteiger partial charge in [0, 0.05) is 26.8 Å². The Morgan fingerprint density at radius 1 is 1.06 bits per heavy atom. The van der Waals surface area contributed by atoms with E-state index in [1.54, 1.807) is 14.2 Å². The molecule has 0 spiro atoms. The second-order valence-corrected chi connectivity index (χ2v) is 6.22. The van der Waals surface area contributed by atoms with Gasteiger partial charge in [-0.2, -0.15) is 0 Å². The second-order valence-electron chi connectivity index (χ2n) is 6.22. The fourth-order valence-corrected chi connectivity index (χ4v) is 2.69. The van der Waals surface area contributed by atoms with Crippen LogP contribution in [0.2, 0.25) is 0 Å². The second kappa shape index (κ2) is 6.72. The minimum Gasteiger partial charge on any atom is -0.355 e. The largest absolute Gasteiger partial charge is 0.355 e. The van der Waals surface area contributed by atoms with Gasteiger partial charge in [-0.15, -0.1) is 0 Å². The maximum absolute atomic E-state index is 5.18. The molecule has 1 N–H and O–H groups in total. The highest BCUT2D eigenvalue weighted by Gasteiger charge is 2.29. The Kier molecular flexibility index (Phi) is 5.90. The van der Waals surface area contributed by atoms with Gasteiger partial charge in [0.1, 0.15) is 0 Å². The van der Waals surface area contributed by atoms with E-state index in [0.29, 0.717) is 11.5 Å². The van der Waals surface area contributed by atoms with E-state index >= 15 is 0 Å². The van der Waals surface area contributed by atoms with Crippen LogP contribution in [0.5, 0.6) is 0 Å². The number of ether oxygens (including phenoxy) is 2. The summed E-state index contributed by atoms with van der Waals surface area (Å²) in [5.41, 5.74) is 0.465. The van der Waals surface area contributed by atoms with Crippen LogP contribution >= 0.6 is 0 Å². The lowest BCUT2D eigenvalue weighted by Crippen LogP contribution is -2.40. The Morgan fingerprint density at radius 2 is 1.59 bits per heavy atom. The van der Waals surface area contributed by atoms with Gasteiger partial charge in [-0.3, -0.25) is 0 Å². The molecule has 0 aromatic carbocycles. The van der Waals surface area contributed by atoms with Gasteiger partial charge in [-0.1, -0.05) is 20.8 Å². The van der Waals surface area contributed by atoms with E-state index in [1.807, 2.05) is 0 Å². The van der Waals surface area contributed by atoms with Crippen molar-refractivity contribution >= 4 is 0 Å². The first kappa shape index (κ1) is 14.9. The molecule has 0 atom stereocenters. The number of rotatable bonds is 5. The third-order valence-electron chi connectivity index (χ3n) is 4.05. The van der Waals surface area contributed by atoms with Crippen molar-refractivity contribution in [1.82, 2.24) is 5.32 Å². The van der Waals surface area contributed by atoms with E-state index in [1.165, 1.54) is 25.7 Å². The van der Waals surface area contributed by atoms with Crippen LogP contribution in [-0.2, 0) is 9.47 Å². The predicted octanol–water partition coefficient (Wildman–Crippen LogP) is 2.80. The van der Waals surface area contributed by atoms with Crippen LogP contribution in [0.1, 0.15) is 46.5 Å². The van der Waals surface area contributed by atoms with E-state index in [2.05, 4.69) is 26.1 Å². The molecule has 0 amide bonds. The Labute approximate surface area is 106 Å². The molecule has 0 radical (unpaired) electrons.